The minimum Gasteiger partial charge on any atom is -0.393 e. The number of hydrogen-bond donors (Lipinski definition) is 3. The van der Waals surface area contributed by atoms with Gasteiger partial charge in [-0.25, -0.2) is 8.82 Å². The predicted molar refractivity (Wildman–Crippen MR) is 151 cm³/mol. The van der Waals surface area contributed by atoms with Gasteiger partial charge in [0.25, 0.3) is 0 Å². The van der Waals surface area contributed by atoms with E-state index in [-0.39, 0.29) is 24.8 Å². The van der Waals surface area contributed by atoms with Crippen molar-refractivity contribution in [2.75, 3.05) is 45.2 Å². The Balaban J connectivity index is 4.23. The lowest BCUT2D eigenvalue weighted by molar-refractivity contribution is -0.876. The number of hydrogen-bond acceptors (Lipinski definition) is 4. The van der Waals surface area contributed by atoms with Gasteiger partial charge in [-0.2, -0.15) is 0 Å². The van der Waals surface area contributed by atoms with Crippen molar-refractivity contribution in [1.29, 1.82) is 0 Å². The van der Waals surface area contributed by atoms with Crippen molar-refractivity contribution in [2.24, 2.45) is 0 Å². The first-order chi connectivity index (χ1) is 17.3. The third-order valence-corrected chi connectivity index (χ3v) is 9.03. The van der Waals surface area contributed by atoms with E-state index in [9.17, 15) is 19.5 Å². The molecule has 0 rings (SSSR count). The number of rotatable bonds is 27. The summed E-state index contributed by atoms with van der Waals surface area (Å²) < 4.78 is 23.1. The Kier molecular flexibility index (Phi) is 23.8. The molecule has 0 aliphatic heterocycles. The van der Waals surface area contributed by atoms with Crippen LogP contribution in [0.2, 0.25) is 0 Å². The van der Waals surface area contributed by atoms with E-state index < -0.39 is 30.9 Å². The molecular formula is C26H55Cl2NO6P+. The molecule has 2 atom stereocenters. The van der Waals surface area contributed by atoms with Gasteiger partial charge in [0.05, 0.1) is 25.0 Å². The highest BCUT2D eigenvalue weighted by Gasteiger charge is 2.54. The number of unbranched alkanes of at least 4 members (excludes halogenated alkanes) is 15. The first-order valence-electron chi connectivity index (χ1n) is 14.1. The molecule has 0 bridgehead atoms. The molecule has 0 aromatic rings. The zero-order valence-corrected chi connectivity index (χ0v) is 25.3. The lowest BCUT2D eigenvalue weighted by Crippen LogP contribution is -2.61. The molecule has 0 spiro atoms. The summed E-state index contributed by atoms with van der Waals surface area (Å²) in [5, 5.41) is 9.77. The highest BCUT2D eigenvalue weighted by Crippen LogP contribution is 2.51. The maximum atomic E-state index is 12.5. The topological polar surface area (TPSA) is 96.2 Å². The second-order valence-electron chi connectivity index (χ2n) is 9.85. The lowest BCUT2D eigenvalue weighted by Gasteiger charge is -2.44. The summed E-state index contributed by atoms with van der Waals surface area (Å²) in [4.78, 5) is 20.4. The maximum Gasteiger partial charge on any atom is 0.528 e. The SMILES string of the molecule is CCCCCCCCCCCCCCCCCCOC([C@H](CO)OC)[N+](CCCl)(CCCl)P(=O)(O)O. The number of aliphatic hydroxyl groups is 1. The normalized spacial score (nSPS) is 14.3. The maximum absolute atomic E-state index is 12.5. The number of methoxy groups -OCH3 is 1. The Morgan fingerprint density at radius 3 is 1.44 bits per heavy atom. The molecule has 0 amide bonds. The zero-order chi connectivity index (χ0) is 27.1. The van der Waals surface area contributed by atoms with E-state index >= 15 is 0 Å². The van der Waals surface area contributed by atoms with Crippen LogP contribution in [0.4, 0.5) is 0 Å². The summed E-state index contributed by atoms with van der Waals surface area (Å²) in [7, 11) is -3.33. The van der Waals surface area contributed by atoms with Crippen molar-refractivity contribution in [1.82, 2.24) is 0 Å². The number of halogens is 2. The van der Waals surface area contributed by atoms with E-state index in [1.54, 1.807) is 0 Å². The van der Waals surface area contributed by atoms with Gasteiger partial charge in [0, 0.05) is 7.11 Å². The van der Waals surface area contributed by atoms with Gasteiger partial charge < -0.3 is 14.6 Å². The molecule has 3 N–H and O–H groups in total. The smallest absolute Gasteiger partial charge is 0.393 e. The largest absolute Gasteiger partial charge is 0.528 e. The lowest BCUT2D eigenvalue weighted by atomic mass is 10.0. The van der Waals surface area contributed by atoms with E-state index in [4.69, 9.17) is 32.7 Å². The summed E-state index contributed by atoms with van der Waals surface area (Å²) in [6.07, 6.45) is 18.4. The summed E-state index contributed by atoms with van der Waals surface area (Å²) in [6.45, 7) is 2.08. The summed E-state index contributed by atoms with van der Waals surface area (Å²) in [6, 6.07) is 0. The van der Waals surface area contributed by atoms with Crippen molar-refractivity contribution >= 4 is 30.9 Å². The minimum absolute atomic E-state index is 0.0166. The van der Waals surface area contributed by atoms with Gasteiger partial charge in [-0.1, -0.05) is 103 Å². The first-order valence-corrected chi connectivity index (χ1v) is 16.8. The number of ether oxygens (including phenoxy) is 2. The van der Waals surface area contributed by atoms with E-state index in [0.29, 0.717) is 6.61 Å². The molecule has 10 heteroatoms. The molecule has 1 unspecified atom stereocenters. The molecule has 0 aliphatic rings. The third kappa shape index (κ3) is 15.2. The van der Waals surface area contributed by atoms with Crippen LogP contribution in [0.3, 0.4) is 0 Å². The van der Waals surface area contributed by atoms with Crippen molar-refractivity contribution in [3.05, 3.63) is 0 Å². The van der Waals surface area contributed by atoms with Crippen LogP contribution in [0, 0.1) is 0 Å². The van der Waals surface area contributed by atoms with E-state index in [1.165, 1.54) is 90.6 Å². The van der Waals surface area contributed by atoms with Gasteiger partial charge in [0.1, 0.15) is 13.1 Å². The van der Waals surface area contributed by atoms with Crippen LogP contribution in [0.1, 0.15) is 110 Å². The minimum atomic E-state index is -4.72. The van der Waals surface area contributed by atoms with Crippen molar-refractivity contribution in [3.63, 3.8) is 0 Å². The molecule has 0 fully saturated rings. The van der Waals surface area contributed by atoms with Gasteiger partial charge in [0.15, 0.2) is 6.10 Å². The molecular weight excluding hydrogens is 524 g/mol. The molecule has 218 valence electrons. The van der Waals surface area contributed by atoms with Crippen LogP contribution in [0.5, 0.6) is 0 Å². The Morgan fingerprint density at radius 2 is 1.14 bits per heavy atom. The Labute approximate surface area is 231 Å². The van der Waals surface area contributed by atoms with E-state index in [1.807, 2.05) is 0 Å². The predicted octanol–water partition coefficient (Wildman–Crippen LogP) is 6.99. The molecule has 0 aromatic heterocycles. The molecule has 0 saturated heterocycles. The van der Waals surface area contributed by atoms with E-state index in [2.05, 4.69) is 6.92 Å². The zero-order valence-electron chi connectivity index (χ0n) is 22.9. The van der Waals surface area contributed by atoms with Crippen molar-refractivity contribution in [2.45, 2.75) is 122 Å². The second-order valence-corrected chi connectivity index (χ2v) is 12.4. The highest BCUT2D eigenvalue weighted by atomic mass is 35.5. The van der Waals surface area contributed by atoms with Crippen LogP contribution in [-0.2, 0) is 14.0 Å². The van der Waals surface area contributed by atoms with Crippen LogP contribution in [0.15, 0.2) is 0 Å². The van der Waals surface area contributed by atoms with E-state index in [0.717, 1.165) is 19.3 Å². The summed E-state index contributed by atoms with van der Waals surface area (Å²) >= 11 is 11.8. The van der Waals surface area contributed by atoms with Crippen molar-refractivity contribution < 1.29 is 33.2 Å². The fourth-order valence-corrected chi connectivity index (χ4v) is 6.83. The number of alkyl halides is 2. The third-order valence-electron chi connectivity index (χ3n) is 7.02. The molecule has 0 saturated carbocycles. The monoisotopic (exact) mass is 578 g/mol. The summed E-state index contributed by atoms with van der Waals surface area (Å²) in [5.41, 5.74) is 0. The Morgan fingerprint density at radius 1 is 0.750 bits per heavy atom. The number of nitrogens with zero attached hydrogens (tertiary/aromatic N) is 1. The molecule has 0 aliphatic carbocycles. The van der Waals surface area contributed by atoms with Gasteiger partial charge in [-0.3, -0.25) is 9.79 Å². The van der Waals surface area contributed by atoms with Crippen LogP contribution >= 0.6 is 30.9 Å². The average molecular weight is 580 g/mol. The van der Waals surface area contributed by atoms with Gasteiger partial charge >= 0.3 is 7.75 Å². The fourth-order valence-electron chi connectivity index (χ4n) is 4.76. The highest BCUT2D eigenvalue weighted by molar-refractivity contribution is 7.45. The standard InChI is InChI=1S/C26H54Cl2NO6P/c1-3-4-5-6-7-8-9-10-11-12-13-14-15-16-17-18-23-35-26(25(24-30)34-2)29(21-19-27,22-20-28)36(31,32)33/h25-26,30H,3-24H2,1-2H3,(H-,31,32,33)/p+1/t25-,26?/m0/s1. The van der Waals surface area contributed by atoms with Gasteiger partial charge in [-0.15, -0.1) is 23.2 Å². The van der Waals surface area contributed by atoms with Gasteiger partial charge in [0.2, 0.25) is 6.23 Å². The van der Waals surface area contributed by atoms with Crippen molar-refractivity contribution in [3.8, 4) is 0 Å². The first kappa shape index (κ1) is 36.6. The van der Waals surface area contributed by atoms with Crippen LogP contribution in [0.25, 0.3) is 0 Å². The molecule has 36 heavy (non-hydrogen) atoms. The number of aliphatic hydroxyl groups excluding tert-OH is 1. The molecule has 0 heterocycles. The quantitative estimate of drug-likeness (QED) is 0.0420. The molecule has 7 nitrogen and oxygen atoms in total. The van der Waals surface area contributed by atoms with Gasteiger partial charge in [-0.05, 0) is 6.42 Å². The summed E-state index contributed by atoms with van der Waals surface area (Å²) in [5.74, 6) is 0.0333. The Hall–Kier alpha value is 0.570. The Bertz CT molecular complexity index is 531. The second kappa shape index (κ2) is 23.5. The average Bonchev–Trinajstić information content (AvgIpc) is 2.84. The molecule has 0 aromatic carbocycles. The van der Waals surface area contributed by atoms with Crippen LogP contribution < -0.4 is 0 Å². The fraction of sp³-hybridized carbons (Fsp3) is 1.00. The van der Waals surface area contributed by atoms with Crippen LogP contribution in [-0.4, -0.2) is 76.7 Å². The molecule has 0 radical (unpaired) electrons. The number of quaternary nitrogens is 1.